The SMILES string of the molecule is C=CCC[C@@H](Cc1cccc(OC)c1)N[S+]([O-])C(C)(C)C. The lowest BCUT2D eigenvalue weighted by Gasteiger charge is -2.28. The van der Waals surface area contributed by atoms with Gasteiger partial charge in [0.1, 0.15) is 10.5 Å². The van der Waals surface area contributed by atoms with Gasteiger partial charge < -0.3 is 9.29 Å². The molecule has 0 saturated heterocycles. The van der Waals surface area contributed by atoms with Gasteiger partial charge in [0.15, 0.2) is 0 Å². The molecule has 21 heavy (non-hydrogen) atoms. The zero-order valence-corrected chi connectivity index (χ0v) is 14.3. The van der Waals surface area contributed by atoms with Crippen molar-refractivity contribution in [3.05, 3.63) is 42.5 Å². The van der Waals surface area contributed by atoms with Gasteiger partial charge in [-0.05, 0) is 57.7 Å². The molecule has 2 atom stereocenters. The highest BCUT2D eigenvalue weighted by Crippen LogP contribution is 2.19. The molecule has 1 N–H and O–H groups in total. The van der Waals surface area contributed by atoms with E-state index in [1.54, 1.807) is 7.11 Å². The third kappa shape index (κ3) is 6.55. The molecule has 1 aromatic rings. The van der Waals surface area contributed by atoms with Gasteiger partial charge in [0, 0.05) is 11.4 Å². The van der Waals surface area contributed by atoms with Crippen LogP contribution in [-0.4, -0.2) is 22.5 Å². The van der Waals surface area contributed by atoms with Gasteiger partial charge in [-0.3, -0.25) is 0 Å². The van der Waals surface area contributed by atoms with Crippen LogP contribution in [0.1, 0.15) is 39.2 Å². The monoisotopic (exact) mass is 309 g/mol. The maximum absolute atomic E-state index is 12.3. The summed E-state index contributed by atoms with van der Waals surface area (Å²) in [5, 5.41) is 0. The summed E-state index contributed by atoms with van der Waals surface area (Å²) in [5.41, 5.74) is 1.18. The van der Waals surface area contributed by atoms with Crippen LogP contribution in [0.2, 0.25) is 0 Å². The van der Waals surface area contributed by atoms with E-state index in [1.807, 2.05) is 45.0 Å². The van der Waals surface area contributed by atoms with Crippen LogP contribution in [0.15, 0.2) is 36.9 Å². The second kappa shape index (κ2) is 8.47. The van der Waals surface area contributed by atoms with E-state index in [-0.39, 0.29) is 10.8 Å². The predicted octanol–water partition coefficient (Wildman–Crippen LogP) is 3.62. The highest BCUT2D eigenvalue weighted by Gasteiger charge is 2.29. The quantitative estimate of drug-likeness (QED) is 0.589. The Morgan fingerprint density at radius 1 is 1.43 bits per heavy atom. The Morgan fingerprint density at radius 2 is 2.14 bits per heavy atom. The Bertz CT molecular complexity index is 443. The molecule has 1 rings (SSSR count). The number of nitrogens with one attached hydrogen (secondary N) is 1. The molecule has 0 aliphatic heterocycles. The molecule has 0 spiro atoms. The fourth-order valence-corrected chi connectivity index (χ4v) is 2.79. The van der Waals surface area contributed by atoms with Crippen LogP contribution in [-0.2, 0) is 17.8 Å². The van der Waals surface area contributed by atoms with E-state index in [1.165, 1.54) is 5.56 Å². The first-order valence-corrected chi connectivity index (χ1v) is 8.43. The summed E-state index contributed by atoms with van der Waals surface area (Å²) >= 11 is -1.07. The lowest BCUT2D eigenvalue weighted by Crippen LogP contribution is -2.45. The molecular formula is C17H27NO2S. The minimum atomic E-state index is -1.07. The van der Waals surface area contributed by atoms with Crippen molar-refractivity contribution in [1.29, 1.82) is 0 Å². The second-order valence-electron chi connectivity index (χ2n) is 6.12. The van der Waals surface area contributed by atoms with Crippen molar-refractivity contribution < 1.29 is 9.29 Å². The van der Waals surface area contributed by atoms with E-state index in [0.29, 0.717) is 0 Å². The summed E-state index contributed by atoms with van der Waals surface area (Å²) in [5.74, 6) is 0.854. The maximum atomic E-state index is 12.3. The van der Waals surface area contributed by atoms with E-state index in [4.69, 9.17) is 4.74 Å². The number of benzene rings is 1. The number of hydrogen-bond acceptors (Lipinski definition) is 3. The minimum absolute atomic E-state index is 0.162. The summed E-state index contributed by atoms with van der Waals surface area (Å²) in [6.07, 6.45) is 4.55. The van der Waals surface area contributed by atoms with Crippen molar-refractivity contribution >= 4 is 11.4 Å². The first kappa shape index (κ1) is 18.1. The van der Waals surface area contributed by atoms with Crippen LogP contribution in [0.4, 0.5) is 0 Å². The molecule has 0 bridgehead atoms. The van der Waals surface area contributed by atoms with E-state index in [0.717, 1.165) is 25.0 Å². The van der Waals surface area contributed by atoms with Gasteiger partial charge in [-0.25, -0.2) is 0 Å². The molecule has 1 unspecified atom stereocenters. The average Bonchev–Trinajstić information content (AvgIpc) is 2.43. The highest BCUT2D eigenvalue weighted by molar-refractivity contribution is 7.90. The number of rotatable bonds is 8. The zero-order chi connectivity index (χ0) is 15.9. The molecule has 0 aliphatic rings. The van der Waals surface area contributed by atoms with Crippen molar-refractivity contribution in [2.24, 2.45) is 0 Å². The van der Waals surface area contributed by atoms with E-state index in [2.05, 4.69) is 17.4 Å². The standard InChI is InChI=1S/C17H27NO2S/c1-6-7-10-15(18-21(19)17(2,3)4)12-14-9-8-11-16(13-14)20-5/h6,8-9,11,13,15,18H,1,7,10,12H2,2-5H3/t15-,21?/m0/s1. The van der Waals surface area contributed by atoms with Crippen molar-refractivity contribution in [3.8, 4) is 5.75 Å². The fraction of sp³-hybridized carbons (Fsp3) is 0.529. The van der Waals surface area contributed by atoms with Crippen LogP contribution >= 0.6 is 0 Å². The molecule has 118 valence electrons. The van der Waals surface area contributed by atoms with Crippen LogP contribution in [0, 0.1) is 0 Å². The number of methoxy groups -OCH3 is 1. The summed E-state index contributed by atoms with van der Waals surface area (Å²) < 4.78 is 20.6. The fourth-order valence-electron chi connectivity index (χ4n) is 1.93. The molecule has 0 heterocycles. The smallest absolute Gasteiger partial charge is 0.136 e. The average molecular weight is 309 g/mol. The number of hydrogen-bond donors (Lipinski definition) is 1. The molecule has 4 heteroatoms. The Hall–Kier alpha value is -0.970. The van der Waals surface area contributed by atoms with Gasteiger partial charge in [-0.2, -0.15) is 0 Å². The lowest BCUT2D eigenvalue weighted by molar-refractivity contribution is 0.414. The van der Waals surface area contributed by atoms with Gasteiger partial charge in [0.2, 0.25) is 0 Å². The van der Waals surface area contributed by atoms with Crippen LogP contribution < -0.4 is 9.46 Å². The van der Waals surface area contributed by atoms with Gasteiger partial charge in [-0.15, -0.1) is 11.3 Å². The van der Waals surface area contributed by atoms with Crippen LogP contribution in [0.5, 0.6) is 5.75 Å². The third-order valence-electron chi connectivity index (χ3n) is 3.17. The van der Waals surface area contributed by atoms with E-state index in [9.17, 15) is 4.55 Å². The highest BCUT2D eigenvalue weighted by atomic mass is 32.2. The summed E-state index contributed by atoms with van der Waals surface area (Å²) in [4.78, 5) is 0. The van der Waals surface area contributed by atoms with Gasteiger partial charge in [0.05, 0.1) is 13.2 Å². The van der Waals surface area contributed by atoms with E-state index < -0.39 is 11.4 Å². The largest absolute Gasteiger partial charge is 0.598 e. The van der Waals surface area contributed by atoms with Crippen molar-refractivity contribution in [2.45, 2.75) is 50.8 Å². The second-order valence-corrected chi connectivity index (χ2v) is 8.12. The van der Waals surface area contributed by atoms with Crippen LogP contribution in [0.3, 0.4) is 0 Å². The predicted molar refractivity (Wildman–Crippen MR) is 90.9 cm³/mol. The molecule has 1 aromatic carbocycles. The summed E-state index contributed by atoms with van der Waals surface area (Å²) in [6, 6.07) is 8.19. The first-order chi connectivity index (χ1) is 9.86. The van der Waals surface area contributed by atoms with Crippen LogP contribution in [0.25, 0.3) is 0 Å². The number of ether oxygens (including phenoxy) is 1. The zero-order valence-electron chi connectivity index (χ0n) is 13.5. The molecule has 0 radical (unpaired) electrons. The van der Waals surface area contributed by atoms with E-state index >= 15 is 0 Å². The maximum Gasteiger partial charge on any atom is 0.136 e. The molecule has 0 aliphatic carbocycles. The Morgan fingerprint density at radius 3 is 2.71 bits per heavy atom. The topological polar surface area (TPSA) is 44.3 Å². The molecular weight excluding hydrogens is 282 g/mol. The summed E-state index contributed by atoms with van der Waals surface area (Å²) in [7, 11) is 1.67. The van der Waals surface area contributed by atoms with Crippen molar-refractivity contribution in [3.63, 3.8) is 0 Å². The van der Waals surface area contributed by atoms with Gasteiger partial charge in [-0.1, -0.05) is 18.2 Å². The van der Waals surface area contributed by atoms with Gasteiger partial charge in [0.25, 0.3) is 0 Å². The summed E-state index contributed by atoms with van der Waals surface area (Å²) in [6.45, 7) is 9.71. The first-order valence-electron chi connectivity index (χ1n) is 7.28. The lowest BCUT2D eigenvalue weighted by atomic mass is 10.0. The third-order valence-corrected chi connectivity index (χ3v) is 4.83. The van der Waals surface area contributed by atoms with Crippen molar-refractivity contribution in [1.82, 2.24) is 4.72 Å². The molecule has 0 aromatic heterocycles. The molecule has 0 saturated carbocycles. The Balaban J connectivity index is 2.74. The van der Waals surface area contributed by atoms with Crippen molar-refractivity contribution in [2.75, 3.05) is 7.11 Å². The molecule has 3 nitrogen and oxygen atoms in total. The minimum Gasteiger partial charge on any atom is -0.598 e. The van der Waals surface area contributed by atoms with Gasteiger partial charge >= 0.3 is 0 Å². The Kier molecular flexibility index (Phi) is 7.29. The Labute approximate surface area is 132 Å². The normalized spacial score (nSPS) is 14.5. The molecule has 0 fully saturated rings. The molecule has 0 amide bonds. The number of allylic oxidation sites excluding steroid dienone is 1.